The average Bonchev–Trinajstić information content (AvgIpc) is 2.73. The minimum Gasteiger partial charge on any atom is -0.550 e. The first-order valence-electron chi connectivity index (χ1n) is 11.2. The van der Waals surface area contributed by atoms with Crippen molar-refractivity contribution in [3.05, 3.63) is 24.3 Å². The van der Waals surface area contributed by atoms with E-state index in [0.717, 1.165) is 26.1 Å². The predicted octanol–water partition coefficient (Wildman–Crippen LogP) is -0.129. The van der Waals surface area contributed by atoms with Gasteiger partial charge in [-0.3, -0.25) is 4.79 Å². The average molecular weight is 452 g/mol. The van der Waals surface area contributed by atoms with Crippen molar-refractivity contribution >= 4 is 27.6 Å². The molecule has 1 aromatic carbocycles. The van der Waals surface area contributed by atoms with Crippen LogP contribution < -0.4 is 15.3 Å². The van der Waals surface area contributed by atoms with Crippen LogP contribution in [0.15, 0.2) is 29.2 Å². The van der Waals surface area contributed by atoms with Crippen LogP contribution in [0.5, 0.6) is 0 Å². The Hall–Kier alpha value is -1.97. The molecule has 31 heavy (non-hydrogen) atoms. The summed E-state index contributed by atoms with van der Waals surface area (Å²) in [7, 11) is -3.68. The Kier molecular flexibility index (Phi) is 8.07. The van der Waals surface area contributed by atoms with Crippen LogP contribution in [0.4, 0.5) is 5.69 Å². The van der Waals surface area contributed by atoms with Gasteiger partial charge in [0.25, 0.3) is 0 Å². The zero-order chi connectivity index (χ0) is 22.4. The molecule has 0 bridgehead atoms. The zero-order valence-electron chi connectivity index (χ0n) is 18.1. The lowest BCUT2D eigenvalue weighted by molar-refractivity contribution is -0.905. The number of carbonyl (C=O) groups excluding carboxylic acids is 2. The van der Waals surface area contributed by atoms with Crippen LogP contribution in [0.25, 0.3) is 0 Å². The number of piperidine rings is 2. The summed E-state index contributed by atoms with van der Waals surface area (Å²) >= 11 is 0. The summed E-state index contributed by atoms with van der Waals surface area (Å²) in [5.41, 5.74) is 0.543. The topological polar surface area (TPSA) is 111 Å². The molecule has 0 spiro atoms. The first-order chi connectivity index (χ1) is 14.8. The minimum absolute atomic E-state index is 0.00880. The van der Waals surface area contributed by atoms with Crippen LogP contribution in [-0.2, 0) is 19.6 Å². The summed E-state index contributed by atoms with van der Waals surface area (Å²) in [6, 6.07) is 6.16. The molecule has 9 heteroatoms. The molecule has 2 saturated heterocycles. The predicted molar refractivity (Wildman–Crippen MR) is 115 cm³/mol. The molecule has 1 aromatic rings. The second-order valence-corrected chi connectivity index (χ2v) is 10.7. The normalized spacial score (nSPS) is 23.4. The first kappa shape index (κ1) is 23.7. The number of sulfonamides is 1. The highest BCUT2D eigenvalue weighted by molar-refractivity contribution is 7.89. The van der Waals surface area contributed by atoms with Crippen molar-refractivity contribution in [1.82, 2.24) is 4.31 Å². The van der Waals surface area contributed by atoms with Crippen LogP contribution in [0.2, 0.25) is 0 Å². The Balaban J connectivity index is 1.69. The summed E-state index contributed by atoms with van der Waals surface area (Å²) < 4.78 is 27.9. The number of amides is 1. The molecule has 2 heterocycles. The van der Waals surface area contributed by atoms with Crippen LogP contribution in [0.3, 0.4) is 0 Å². The van der Waals surface area contributed by atoms with E-state index in [0.29, 0.717) is 25.2 Å². The number of nitrogens with zero attached hydrogens (tertiary/aromatic N) is 1. The number of hydrogen-bond donors (Lipinski definition) is 2. The molecule has 0 aliphatic carbocycles. The fraction of sp³-hybridized carbons (Fsp3) is 0.636. The first-order valence-corrected chi connectivity index (χ1v) is 12.6. The third kappa shape index (κ3) is 6.51. The lowest BCUT2D eigenvalue weighted by Crippen LogP contribution is -3.12. The number of hydrogen-bond acceptors (Lipinski definition) is 5. The Bertz CT molecular complexity index is 866. The van der Waals surface area contributed by atoms with Gasteiger partial charge in [-0.25, -0.2) is 8.42 Å². The van der Waals surface area contributed by atoms with Gasteiger partial charge in [0.05, 0.1) is 24.5 Å². The number of rotatable bonds is 8. The summed E-state index contributed by atoms with van der Waals surface area (Å²) in [6.07, 6.45) is 5.04. The molecule has 2 aliphatic heterocycles. The number of likely N-dealkylation sites (tertiary alicyclic amines) is 1. The zero-order valence-corrected chi connectivity index (χ0v) is 19.0. The fourth-order valence-electron chi connectivity index (χ4n) is 4.83. The smallest absolute Gasteiger partial charge is 0.243 e. The lowest BCUT2D eigenvalue weighted by atomic mass is 9.82. The van der Waals surface area contributed by atoms with Crippen molar-refractivity contribution in [2.24, 2.45) is 11.8 Å². The van der Waals surface area contributed by atoms with Gasteiger partial charge in [0.15, 0.2) is 0 Å². The van der Waals surface area contributed by atoms with Crippen molar-refractivity contribution < 1.29 is 28.0 Å². The SMILES string of the molecule is CC(=O)Nc1ccc(S(=O)(=O)N2CC[C@@H](CC(=O)[O-])[C@@H](CC[NH+]3CCCCC3)C2)cc1. The van der Waals surface area contributed by atoms with Gasteiger partial charge in [-0.15, -0.1) is 0 Å². The Morgan fingerprint density at radius 1 is 1.13 bits per heavy atom. The number of anilines is 1. The molecule has 2 aliphatic rings. The van der Waals surface area contributed by atoms with Crippen molar-refractivity contribution in [3.63, 3.8) is 0 Å². The molecule has 3 rings (SSSR count). The van der Waals surface area contributed by atoms with E-state index in [9.17, 15) is 23.1 Å². The number of quaternary nitrogens is 1. The largest absolute Gasteiger partial charge is 0.550 e. The molecule has 2 fully saturated rings. The molecule has 1 amide bonds. The van der Waals surface area contributed by atoms with E-state index in [4.69, 9.17) is 0 Å². The summed E-state index contributed by atoms with van der Waals surface area (Å²) in [6.45, 7) is 5.27. The van der Waals surface area contributed by atoms with E-state index in [1.54, 1.807) is 12.1 Å². The highest BCUT2D eigenvalue weighted by Crippen LogP contribution is 2.32. The van der Waals surface area contributed by atoms with Crippen LogP contribution in [0, 0.1) is 11.8 Å². The maximum Gasteiger partial charge on any atom is 0.243 e. The maximum atomic E-state index is 13.2. The standard InChI is InChI=1S/C22H33N3O5S/c1-17(26)23-20-5-7-21(8-6-20)31(29,30)25-14-10-18(15-22(27)28)19(16-25)9-13-24-11-3-2-4-12-24/h5-8,18-19H,2-4,9-16H2,1H3,(H,23,26)(H,27,28)/t18-,19-/m0/s1. The Morgan fingerprint density at radius 2 is 1.81 bits per heavy atom. The van der Waals surface area contributed by atoms with Gasteiger partial charge in [0, 0.05) is 38.1 Å². The van der Waals surface area contributed by atoms with E-state index < -0.39 is 16.0 Å². The number of carboxylic acid groups (broad SMARTS) is 1. The molecule has 2 atom stereocenters. The summed E-state index contributed by atoms with van der Waals surface area (Å²) in [5, 5.41) is 13.9. The van der Waals surface area contributed by atoms with Crippen LogP contribution >= 0.6 is 0 Å². The van der Waals surface area contributed by atoms with Gasteiger partial charge in [-0.1, -0.05) is 0 Å². The second-order valence-electron chi connectivity index (χ2n) is 8.80. The van der Waals surface area contributed by atoms with E-state index >= 15 is 0 Å². The molecule has 0 unspecified atom stereocenters. The van der Waals surface area contributed by atoms with Gasteiger partial charge >= 0.3 is 0 Å². The Morgan fingerprint density at radius 3 is 2.42 bits per heavy atom. The molecule has 2 N–H and O–H groups in total. The van der Waals surface area contributed by atoms with Crippen molar-refractivity contribution in [2.75, 3.05) is 38.0 Å². The molecule has 0 saturated carbocycles. The van der Waals surface area contributed by atoms with Gasteiger partial charge < -0.3 is 20.1 Å². The third-order valence-electron chi connectivity index (χ3n) is 6.52. The monoisotopic (exact) mass is 451 g/mol. The maximum absolute atomic E-state index is 13.2. The highest BCUT2D eigenvalue weighted by atomic mass is 32.2. The third-order valence-corrected chi connectivity index (χ3v) is 8.40. The molecule has 0 aromatic heterocycles. The van der Waals surface area contributed by atoms with Gasteiger partial charge in [0.2, 0.25) is 15.9 Å². The number of carbonyl (C=O) groups is 2. The van der Waals surface area contributed by atoms with Gasteiger partial charge in [-0.2, -0.15) is 4.31 Å². The summed E-state index contributed by atoms with van der Waals surface area (Å²) in [5.74, 6) is -1.33. The second kappa shape index (κ2) is 10.6. The number of benzene rings is 1. The molecule has 172 valence electrons. The number of nitrogens with one attached hydrogen (secondary N) is 2. The van der Waals surface area contributed by atoms with Crippen molar-refractivity contribution in [2.45, 2.75) is 50.3 Å². The van der Waals surface area contributed by atoms with Crippen LogP contribution in [0.1, 0.15) is 45.4 Å². The summed E-state index contributed by atoms with van der Waals surface area (Å²) in [4.78, 5) is 24.1. The van der Waals surface area contributed by atoms with Crippen molar-refractivity contribution in [1.29, 1.82) is 0 Å². The van der Waals surface area contributed by atoms with Crippen LogP contribution in [-0.4, -0.2) is 57.3 Å². The Labute approximate surface area is 184 Å². The fourth-order valence-corrected chi connectivity index (χ4v) is 6.34. The van der Waals surface area contributed by atoms with E-state index in [1.807, 2.05) is 0 Å². The highest BCUT2D eigenvalue weighted by Gasteiger charge is 2.36. The molecular formula is C22H33N3O5S. The lowest BCUT2D eigenvalue weighted by Gasteiger charge is -2.38. The van der Waals surface area contributed by atoms with E-state index in [2.05, 4.69) is 5.32 Å². The van der Waals surface area contributed by atoms with E-state index in [-0.39, 0.29) is 29.1 Å². The minimum atomic E-state index is -3.68. The van der Waals surface area contributed by atoms with Gasteiger partial charge in [-0.05, 0) is 68.2 Å². The van der Waals surface area contributed by atoms with Crippen molar-refractivity contribution in [3.8, 4) is 0 Å². The number of carboxylic acids is 1. The molecular weight excluding hydrogens is 418 g/mol. The van der Waals surface area contributed by atoms with Gasteiger partial charge in [0.1, 0.15) is 0 Å². The quantitative estimate of drug-likeness (QED) is 0.572. The molecule has 8 nitrogen and oxygen atoms in total. The number of aliphatic carboxylic acids is 1. The molecule has 0 radical (unpaired) electrons. The van der Waals surface area contributed by atoms with E-state index in [1.165, 1.54) is 47.5 Å².